The third-order valence-electron chi connectivity index (χ3n) is 2.04. The lowest BCUT2D eigenvalue weighted by atomic mass is 10.0. The lowest BCUT2D eigenvalue weighted by Crippen LogP contribution is -2.37. The Balaban J connectivity index is 2.97. The van der Waals surface area contributed by atoms with Gasteiger partial charge in [0.05, 0.1) is 0 Å². The Kier molecular flexibility index (Phi) is 2.88. The molecule has 1 aliphatic rings. The van der Waals surface area contributed by atoms with Crippen molar-refractivity contribution in [2.75, 3.05) is 0 Å². The molecule has 0 bridgehead atoms. The predicted molar refractivity (Wildman–Crippen MR) is 52.8 cm³/mol. The maximum absolute atomic E-state index is 11.3. The van der Waals surface area contributed by atoms with Crippen LogP contribution in [0, 0.1) is 5.92 Å². The highest BCUT2D eigenvalue weighted by atomic mass is 16.2. The van der Waals surface area contributed by atoms with Crippen LogP contribution in [-0.4, -0.2) is 11.9 Å². The van der Waals surface area contributed by atoms with Gasteiger partial charge in [-0.05, 0) is 24.5 Å². The fourth-order valence-corrected chi connectivity index (χ4v) is 1.25. The summed E-state index contributed by atoms with van der Waals surface area (Å²) in [6.07, 6.45) is 3.78. The molecule has 3 nitrogen and oxygen atoms in total. The van der Waals surface area contributed by atoms with E-state index in [9.17, 15) is 4.79 Å². The molecule has 0 saturated heterocycles. The smallest absolute Gasteiger partial charge is 0.245 e. The quantitative estimate of drug-likeness (QED) is 0.630. The summed E-state index contributed by atoms with van der Waals surface area (Å²) >= 11 is 0. The second kappa shape index (κ2) is 3.75. The number of allylic oxidation sites excluding steroid dienone is 3. The van der Waals surface area contributed by atoms with E-state index in [1.807, 2.05) is 19.1 Å². The van der Waals surface area contributed by atoms with Crippen LogP contribution in [0.15, 0.2) is 23.4 Å². The molecule has 1 atom stereocenters. The molecule has 1 rings (SSSR count). The summed E-state index contributed by atoms with van der Waals surface area (Å²) in [4.78, 5) is 11.3. The van der Waals surface area contributed by atoms with E-state index in [-0.39, 0.29) is 5.91 Å². The van der Waals surface area contributed by atoms with E-state index in [4.69, 9.17) is 5.73 Å². The SMILES string of the molecule is CC1=CC(C(C)C)=CC(N)C(=O)N1. The molecule has 0 aromatic carbocycles. The van der Waals surface area contributed by atoms with E-state index in [1.54, 1.807) is 0 Å². The lowest BCUT2D eigenvalue weighted by Gasteiger charge is -2.06. The average molecular weight is 180 g/mol. The van der Waals surface area contributed by atoms with Gasteiger partial charge in [0, 0.05) is 5.70 Å². The molecule has 0 aromatic rings. The molecule has 72 valence electrons. The van der Waals surface area contributed by atoms with Crippen molar-refractivity contribution in [1.82, 2.24) is 5.32 Å². The van der Waals surface area contributed by atoms with Crippen molar-refractivity contribution in [3.05, 3.63) is 23.4 Å². The Morgan fingerprint density at radius 2 is 2.15 bits per heavy atom. The van der Waals surface area contributed by atoms with Crippen LogP contribution in [0.4, 0.5) is 0 Å². The first-order valence-electron chi connectivity index (χ1n) is 4.47. The zero-order chi connectivity index (χ0) is 10.0. The maximum atomic E-state index is 11.3. The topological polar surface area (TPSA) is 55.1 Å². The van der Waals surface area contributed by atoms with E-state index >= 15 is 0 Å². The summed E-state index contributed by atoms with van der Waals surface area (Å²) in [5.41, 5.74) is 7.62. The standard InChI is InChI=1S/C10H16N2O/c1-6(2)8-4-7(3)12-10(13)9(11)5-8/h4-6,9H,11H2,1-3H3,(H,12,13). The first kappa shape index (κ1) is 9.99. The number of carbonyl (C=O) groups excluding carboxylic acids is 1. The van der Waals surface area contributed by atoms with Crippen LogP contribution < -0.4 is 11.1 Å². The summed E-state index contributed by atoms with van der Waals surface area (Å²) in [7, 11) is 0. The minimum atomic E-state index is -0.522. The predicted octanol–water partition coefficient (Wildman–Crippen LogP) is 0.930. The van der Waals surface area contributed by atoms with E-state index in [1.165, 1.54) is 0 Å². The summed E-state index contributed by atoms with van der Waals surface area (Å²) in [6, 6.07) is -0.522. The monoisotopic (exact) mass is 180 g/mol. The molecule has 1 heterocycles. The summed E-state index contributed by atoms with van der Waals surface area (Å²) in [5.74, 6) is 0.262. The highest BCUT2D eigenvalue weighted by molar-refractivity contribution is 5.85. The molecule has 3 N–H and O–H groups in total. The van der Waals surface area contributed by atoms with E-state index in [0.717, 1.165) is 11.3 Å². The first-order valence-corrected chi connectivity index (χ1v) is 4.47. The molecule has 1 unspecified atom stereocenters. The van der Waals surface area contributed by atoms with Gasteiger partial charge in [0.2, 0.25) is 5.91 Å². The fourth-order valence-electron chi connectivity index (χ4n) is 1.25. The van der Waals surface area contributed by atoms with Gasteiger partial charge in [-0.15, -0.1) is 0 Å². The number of hydrogen-bond donors (Lipinski definition) is 2. The van der Waals surface area contributed by atoms with Crippen molar-refractivity contribution in [3.63, 3.8) is 0 Å². The normalized spacial score (nSPS) is 23.5. The Hall–Kier alpha value is -1.09. The molecule has 0 fully saturated rings. The van der Waals surface area contributed by atoms with Crippen LogP contribution in [-0.2, 0) is 4.79 Å². The first-order chi connectivity index (χ1) is 6.00. The molecule has 1 aliphatic heterocycles. The number of nitrogens with one attached hydrogen (secondary N) is 1. The Morgan fingerprint density at radius 1 is 1.54 bits per heavy atom. The van der Waals surface area contributed by atoms with Crippen molar-refractivity contribution < 1.29 is 4.79 Å². The van der Waals surface area contributed by atoms with Crippen LogP contribution in [0.1, 0.15) is 20.8 Å². The Labute approximate surface area is 78.7 Å². The van der Waals surface area contributed by atoms with E-state index in [2.05, 4.69) is 19.2 Å². The molecule has 0 radical (unpaired) electrons. The molecule has 3 heteroatoms. The zero-order valence-corrected chi connectivity index (χ0v) is 8.29. The van der Waals surface area contributed by atoms with Crippen LogP contribution in [0.2, 0.25) is 0 Å². The Bertz CT molecular complexity index is 277. The van der Waals surface area contributed by atoms with Crippen molar-refractivity contribution in [1.29, 1.82) is 0 Å². The third kappa shape index (κ3) is 2.42. The molecule has 1 amide bonds. The minimum Gasteiger partial charge on any atom is -0.328 e. The fraction of sp³-hybridized carbons (Fsp3) is 0.500. The van der Waals surface area contributed by atoms with Gasteiger partial charge in [0.15, 0.2) is 0 Å². The number of rotatable bonds is 1. The molecule has 0 saturated carbocycles. The number of amides is 1. The summed E-state index contributed by atoms with van der Waals surface area (Å²) < 4.78 is 0. The van der Waals surface area contributed by atoms with Gasteiger partial charge in [-0.1, -0.05) is 19.9 Å². The van der Waals surface area contributed by atoms with Gasteiger partial charge in [0.25, 0.3) is 0 Å². The summed E-state index contributed by atoms with van der Waals surface area (Å²) in [5, 5.41) is 2.72. The van der Waals surface area contributed by atoms with Gasteiger partial charge < -0.3 is 11.1 Å². The van der Waals surface area contributed by atoms with Crippen molar-refractivity contribution in [2.24, 2.45) is 11.7 Å². The molecule has 0 spiro atoms. The molecular weight excluding hydrogens is 164 g/mol. The maximum Gasteiger partial charge on any atom is 0.245 e. The van der Waals surface area contributed by atoms with Crippen molar-refractivity contribution in [3.8, 4) is 0 Å². The van der Waals surface area contributed by atoms with E-state index < -0.39 is 6.04 Å². The average Bonchev–Trinajstić information content (AvgIpc) is 2.12. The molecule has 0 aromatic heterocycles. The van der Waals surface area contributed by atoms with E-state index in [0.29, 0.717) is 5.92 Å². The number of hydrogen-bond acceptors (Lipinski definition) is 2. The number of carbonyl (C=O) groups is 1. The summed E-state index contributed by atoms with van der Waals surface area (Å²) in [6.45, 7) is 6.03. The highest BCUT2D eigenvalue weighted by Crippen LogP contribution is 2.15. The zero-order valence-electron chi connectivity index (χ0n) is 8.29. The van der Waals surface area contributed by atoms with Crippen molar-refractivity contribution >= 4 is 5.91 Å². The third-order valence-corrected chi connectivity index (χ3v) is 2.04. The number of nitrogens with two attached hydrogens (primary N) is 1. The lowest BCUT2D eigenvalue weighted by molar-refractivity contribution is -0.120. The highest BCUT2D eigenvalue weighted by Gasteiger charge is 2.16. The molecule has 13 heavy (non-hydrogen) atoms. The minimum absolute atomic E-state index is 0.135. The largest absolute Gasteiger partial charge is 0.328 e. The second-order valence-corrected chi connectivity index (χ2v) is 3.66. The Morgan fingerprint density at radius 3 is 2.69 bits per heavy atom. The second-order valence-electron chi connectivity index (χ2n) is 3.66. The van der Waals surface area contributed by atoms with Crippen LogP contribution >= 0.6 is 0 Å². The van der Waals surface area contributed by atoms with Crippen molar-refractivity contribution in [2.45, 2.75) is 26.8 Å². The van der Waals surface area contributed by atoms with Gasteiger partial charge >= 0.3 is 0 Å². The van der Waals surface area contributed by atoms with Crippen LogP contribution in [0.3, 0.4) is 0 Å². The van der Waals surface area contributed by atoms with Gasteiger partial charge in [0.1, 0.15) is 6.04 Å². The van der Waals surface area contributed by atoms with Gasteiger partial charge in [-0.25, -0.2) is 0 Å². The van der Waals surface area contributed by atoms with Gasteiger partial charge in [-0.3, -0.25) is 4.79 Å². The molecule has 0 aliphatic carbocycles. The van der Waals surface area contributed by atoms with Crippen LogP contribution in [0.5, 0.6) is 0 Å². The van der Waals surface area contributed by atoms with Gasteiger partial charge in [-0.2, -0.15) is 0 Å². The molecular formula is C10H16N2O. The van der Waals surface area contributed by atoms with Crippen LogP contribution in [0.25, 0.3) is 0 Å².